The molecule has 0 atom stereocenters. The highest BCUT2D eigenvalue weighted by Gasteiger charge is 2.28. The number of amides is 1. The molecule has 4 aromatic heterocycles. The van der Waals surface area contributed by atoms with Crippen LogP contribution in [0.4, 0.5) is 4.79 Å². The van der Waals surface area contributed by atoms with Gasteiger partial charge in [0.05, 0.1) is 29.6 Å². The van der Waals surface area contributed by atoms with Gasteiger partial charge in [-0.05, 0) is 69.9 Å². The molecule has 6 rings (SSSR count). The molecular weight excluding hydrogens is 476 g/mol. The third-order valence-electron chi connectivity index (χ3n) is 7.17. The first kappa shape index (κ1) is 24.2. The van der Waals surface area contributed by atoms with Crippen LogP contribution in [0, 0.1) is 6.92 Å². The number of piperidine rings is 1. The lowest BCUT2D eigenvalue weighted by atomic mass is 10.0. The highest BCUT2D eigenvalue weighted by atomic mass is 16.6. The number of hydrogen-bond acceptors (Lipinski definition) is 5. The van der Waals surface area contributed by atoms with Gasteiger partial charge < -0.3 is 9.64 Å². The van der Waals surface area contributed by atoms with Crippen LogP contribution in [-0.2, 0) is 4.74 Å². The Balaban J connectivity index is 1.24. The third-order valence-corrected chi connectivity index (χ3v) is 7.17. The van der Waals surface area contributed by atoms with Crippen LogP contribution in [0.2, 0.25) is 0 Å². The SMILES string of the molecule is Cc1cn2c(-c3ccnc4ccccc34)cnc2cc1-c1cnn(C2CCN(C(=O)OC(C)(C)C)CC2)c1. The number of pyridine rings is 2. The standard InChI is InChI=1S/C30H32N6O2/c1-20-18-35-27(24-9-12-31-26-8-6-5-7-23(24)26)17-32-28(35)15-25(20)21-16-33-36(19-21)22-10-13-34(14-11-22)29(37)38-30(2,3)4/h5-9,12,15-19,22H,10-11,13-14H2,1-4H3. The highest BCUT2D eigenvalue weighted by molar-refractivity contribution is 5.93. The Morgan fingerprint density at radius 1 is 1.00 bits per heavy atom. The molecule has 194 valence electrons. The molecule has 1 aliphatic heterocycles. The van der Waals surface area contributed by atoms with Gasteiger partial charge in [-0.3, -0.25) is 14.1 Å². The van der Waals surface area contributed by atoms with Gasteiger partial charge in [-0.2, -0.15) is 5.10 Å². The predicted octanol–water partition coefficient (Wildman–Crippen LogP) is 6.29. The molecule has 0 aliphatic carbocycles. The van der Waals surface area contributed by atoms with Gasteiger partial charge in [0.15, 0.2) is 0 Å². The molecule has 38 heavy (non-hydrogen) atoms. The molecule has 1 fully saturated rings. The number of rotatable bonds is 3. The van der Waals surface area contributed by atoms with Crippen LogP contribution in [0.3, 0.4) is 0 Å². The normalized spacial score (nSPS) is 14.9. The maximum atomic E-state index is 12.4. The van der Waals surface area contributed by atoms with Gasteiger partial charge in [0.2, 0.25) is 0 Å². The largest absolute Gasteiger partial charge is 0.444 e. The second-order valence-corrected chi connectivity index (χ2v) is 11.0. The number of carbonyl (C=O) groups excluding carboxylic acids is 1. The zero-order valence-electron chi connectivity index (χ0n) is 22.3. The zero-order chi connectivity index (χ0) is 26.4. The van der Waals surface area contributed by atoms with Crippen LogP contribution in [0.5, 0.6) is 0 Å². The Bertz CT molecular complexity index is 1630. The molecule has 0 unspecified atom stereocenters. The quantitative estimate of drug-likeness (QED) is 0.286. The molecule has 1 saturated heterocycles. The molecule has 0 N–H and O–H groups in total. The first-order chi connectivity index (χ1) is 18.3. The number of imidazole rings is 1. The molecule has 0 spiro atoms. The topological polar surface area (TPSA) is 77.5 Å². The number of likely N-dealkylation sites (tertiary alicyclic amines) is 1. The van der Waals surface area contributed by atoms with Gasteiger partial charge in [-0.1, -0.05) is 18.2 Å². The van der Waals surface area contributed by atoms with Crippen molar-refractivity contribution in [2.24, 2.45) is 0 Å². The summed E-state index contributed by atoms with van der Waals surface area (Å²) in [6.07, 6.45) is 11.4. The van der Waals surface area contributed by atoms with E-state index < -0.39 is 5.60 Å². The summed E-state index contributed by atoms with van der Waals surface area (Å²) in [7, 11) is 0. The van der Waals surface area contributed by atoms with Crippen molar-refractivity contribution >= 4 is 22.6 Å². The number of benzene rings is 1. The lowest BCUT2D eigenvalue weighted by Gasteiger charge is -2.33. The summed E-state index contributed by atoms with van der Waals surface area (Å²) in [6.45, 7) is 9.15. The lowest BCUT2D eigenvalue weighted by molar-refractivity contribution is 0.0185. The molecule has 0 radical (unpaired) electrons. The van der Waals surface area contributed by atoms with E-state index in [-0.39, 0.29) is 12.1 Å². The van der Waals surface area contributed by atoms with Gasteiger partial charge in [0, 0.05) is 48.2 Å². The van der Waals surface area contributed by atoms with Gasteiger partial charge in [-0.25, -0.2) is 9.78 Å². The number of hydrogen-bond donors (Lipinski definition) is 0. The average Bonchev–Trinajstić information content (AvgIpc) is 3.54. The maximum absolute atomic E-state index is 12.4. The third kappa shape index (κ3) is 4.51. The van der Waals surface area contributed by atoms with Crippen LogP contribution in [0.1, 0.15) is 45.2 Å². The van der Waals surface area contributed by atoms with E-state index in [4.69, 9.17) is 14.8 Å². The number of nitrogens with zero attached hydrogens (tertiary/aromatic N) is 6. The molecule has 1 aliphatic rings. The smallest absolute Gasteiger partial charge is 0.410 e. The van der Waals surface area contributed by atoms with E-state index in [2.05, 4.69) is 40.8 Å². The molecule has 5 heterocycles. The van der Waals surface area contributed by atoms with Crippen LogP contribution in [0.25, 0.3) is 38.9 Å². The molecule has 8 nitrogen and oxygen atoms in total. The Labute approximate surface area is 221 Å². The highest BCUT2D eigenvalue weighted by Crippen LogP contribution is 2.32. The number of aromatic nitrogens is 5. The molecule has 0 bridgehead atoms. The summed E-state index contributed by atoms with van der Waals surface area (Å²) in [4.78, 5) is 23.5. The van der Waals surface area contributed by atoms with Crippen molar-refractivity contribution in [1.29, 1.82) is 0 Å². The fourth-order valence-electron chi connectivity index (χ4n) is 5.27. The summed E-state index contributed by atoms with van der Waals surface area (Å²) in [5.74, 6) is 0. The van der Waals surface area contributed by atoms with Crippen molar-refractivity contribution in [2.75, 3.05) is 13.1 Å². The van der Waals surface area contributed by atoms with E-state index in [0.29, 0.717) is 13.1 Å². The van der Waals surface area contributed by atoms with Crippen LogP contribution in [-0.4, -0.2) is 53.8 Å². The average molecular weight is 509 g/mol. The Kier molecular flexibility index (Phi) is 5.90. The van der Waals surface area contributed by atoms with Gasteiger partial charge in [0.25, 0.3) is 0 Å². The summed E-state index contributed by atoms with van der Waals surface area (Å²) in [5.41, 5.74) is 6.87. The molecule has 5 aromatic rings. The van der Waals surface area contributed by atoms with E-state index in [1.54, 1.807) is 4.90 Å². The number of carbonyl (C=O) groups is 1. The number of ether oxygens (including phenoxy) is 1. The van der Waals surface area contributed by atoms with E-state index in [1.807, 2.05) is 68.3 Å². The monoisotopic (exact) mass is 508 g/mol. The number of fused-ring (bicyclic) bond motifs is 2. The number of para-hydroxylation sites is 1. The summed E-state index contributed by atoms with van der Waals surface area (Å²) < 4.78 is 9.73. The van der Waals surface area contributed by atoms with Crippen molar-refractivity contribution in [2.45, 2.75) is 52.2 Å². The first-order valence-corrected chi connectivity index (χ1v) is 13.1. The summed E-state index contributed by atoms with van der Waals surface area (Å²) >= 11 is 0. The van der Waals surface area contributed by atoms with Gasteiger partial charge >= 0.3 is 6.09 Å². The summed E-state index contributed by atoms with van der Waals surface area (Å²) in [5, 5.41) is 5.81. The van der Waals surface area contributed by atoms with Crippen molar-refractivity contribution in [3.8, 4) is 22.4 Å². The Hall–Kier alpha value is -4.20. The molecule has 1 aromatic carbocycles. The lowest BCUT2D eigenvalue weighted by Crippen LogP contribution is -2.42. The van der Waals surface area contributed by atoms with Crippen molar-refractivity contribution in [3.63, 3.8) is 0 Å². The molecule has 0 saturated carbocycles. The molecule has 1 amide bonds. The minimum absolute atomic E-state index is 0.236. The van der Waals surface area contributed by atoms with E-state index in [1.165, 1.54) is 0 Å². The minimum atomic E-state index is -0.481. The van der Waals surface area contributed by atoms with Crippen molar-refractivity contribution in [1.82, 2.24) is 29.0 Å². The zero-order valence-corrected chi connectivity index (χ0v) is 22.3. The molecule has 8 heteroatoms. The van der Waals surface area contributed by atoms with Crippen LogP contribution < -0.4 is 0 Å². The van der Waals surface area contributed by atoms with E-state index >= 15 is 0 Å². The Morgan fingerprint density at radius 2 is 1.79 bits per heavy atom. The van der Waals surface area contributed by atoms with Crippen molar-refractivity contribution < 1.29 is 9.53 Å². The van der Waals surface area contributed by atoms with Gasteiger partial charge in [-0.15, -0.1) is 0 Å². The first-order valence-electron chi connectivity index (χ1n) is 13.1. The van der Waals surface area contributed by atoms with Crippen molar-refractivity contribution in [3.05, 3.63) is 72.9 Å². The van der Waals surface area contributed by atoms with E-state index in [0.717, 1.165) is 57.3 Å². The van der Waals surface area contributed by atoms with E-state index in [9.17, 15) is 4.79 Å². The second-order valence-electron chi connectivity index (χ2n) is 11.0. The fraction of sp³-hybridized carbons (Fsp3) is 0.333. The summed E-state index contributed by atoms with van der Waals surface area (Å²) in [6, 6.07) is 12.6. The predicted molar refractivity (Wildman–Crippen MR) is 148 cm³/mol. The Morgan fingerprint density at radius 3 is 2.58 bits per heavy atom. The molecular formula is C30H32N6O2. The van der Waals surface area contributed by atoms with Gasteiger partial charge in [0.1, 0.15) is 11.2 Å². The minimum Gasteiger partial charge on any atom is -0.444 e. The maximum Gasteiger partial charge on any atom is 0.410 e. The van der Waals surface area contributed by atoms with Crippen LogP contribution >= 0.6 is 0 Å². The second kappa shape index (κ2) is 9.28. The number of aryl methyl sites for hydroxylation is 1. The fourth-order valence-corrected chi connectivity index (χ4v) is 5.27. The van der Waals surface area contributed by atoms with Crippen LogP contribution in [0.15, 0.2) is 67.4 Å².